The Balaban J connectivity index is 1.67. The Morgan fingerprint density at radius 3 is 2.34 bits per heavy atom. The molecule has 8 nitrogen and oxygen atoms in total. The summed E-state index contributed by atoms with van der Waals surface area (Å²) in [6.07, 6.45) is 4.49. The van der Waals surface area contributed by atoms with Crippen molar-refractivity contribution in [2.45, 2.75) is 13.8 Å². The average Bonchev–Trinajstić information content (AvgIpc) is 2.82. The van der Waals surface area contributed by atoms with Crippen LogP contribution in [-0.4, -0.2) is 42.9 Å². The van der Waals surface area contributed by atoms with Crippen LogP contribution in [0.1, 0.15) is 29.9 Å². The molecule has 0 fully saturated rings. The van der Waals surface area contributed by atoms with Crippen LogP contribution in [0.2, 0.25) is 0 Å². The second-order valence-electron chi connectivity index (χ2n) is 7.36. The number of aromatic nitrogens is 2. The highest BCUT2D eigenvalue weighted by atomic mass is 16.5. The smallest absolute Gasteiger partial charge is 0.291 e. The maximum atomic E-state index is 12.5. The van der Waals surface area contributed by atoms with E-state index in [4.69, 9.17) is 14.2 Å². The normalized spacial score (nSPS) is 10.9. The van der Waals surface area contributed by atoms with Gasteiger partial charge in [0.2, 0.25) is 0 Å². The molecule has 8 heteroatoms. The molecule has 1 aromatic heterocycles. The average molecular weight is 434 g/mol. The van der Waals surface area contributed by atoms with E-state index < -0.39 is 5.91 Å². The summed E-state index contributed by atoms with van der Waals surface area (Å²) in [7, 11) is 3.13. The molecular formula is C24H26N4O4. The Hall–Kier alpha value is -3.94. The minimum absolute atomic E-state index is 0.156. The largest absolute Gasteiger partial charge is 0.497 e. The first-order chi connectivity index (χ1) is 15.5. The van der Waals surface area contributed by atoms with Crippen molar-refractivity contribution in [3.05, 3.63) is 66.1 Å². The molecule has 32 heavy (non-hydrogen) atoms. The maximum absolute atomic E-state index is 12.5. The topological polar surface area (TPSA) is 94.9 Å². The van der Waals surface area contributed by atoms with Gasteiger partial charge >= 0.3 is 0 Å². The van der Waals surface area contributed by atoms with E-state index in [1.165, 1.54) is 12.4 Å². The van der Waals surface area contributed by atoms with Crippen LogP contribution in [0.25, 0.3) is 11.3 Å². The van der Waals surface area contributed by atoms with Crippen molar-refractivity contribution in [2.75, 3.05) is 20.8 Å². The van der Waals surface area contributed by atoms with E-state index in [-0.39, 0.29) is 5.69 Å². The first-order valence-corrected chi connectivity index (χ1v) is 10.1. The zero-order valence-corrected chi connectivity index (χ0v) is 18.5. The van der Waals surface area contributed by atoms with Gasteiger partial charge in [0, 0.05) is 17.2 Å². The number of hydrogen-bond donors (Lipinski definition) is 1. The van der Waals surface area contributed by atoms with Gasteiger partial charge in [0.1, 0.15) is 22.9 Å². The van der Waals surface area contributed by atoms with Crippen LogP contribution in [0.5, 0.6) is 17.2 Å². The number of amides is 1. The van der Waals surface area contributed by atoms with Gasteiger partial charge in [-0.05, 0) is 42.3 Å². The van der Waals surface area contributed by atoms with Crippen molar-refractivity contribution in [1.82, 2.24) is 15.4 Å². The quantitative estimate of drug-likeness (QED) is 0.405. The van der Waals surface area contributed by atoms with Crippen LogP contribution < -0.4 is 19.6 Å². The van der Waals surface area contributed by atoms with Gasteiger partial charge in [-0.1, -0.05) is 13.8 Å². The molecule has 0 atom stereocenters. The van der Waals surface area contributed by atoms with Gasteiger partial charge in [-0.25, -0.2) is 10.4 Å². The van der Waals surface area contributed by atoms with Crippen LogP contribution in [0.3, 0.4) is 0 Å². The number of rotatable bonds is 9. The van der Waals surface area contributed by atoms with Crippen molar-refractivity contribution in [1.29, 1.82) is 0 Å². The highest BCUT2D eigenvalue weighted by Gasteiger charge is 2.10. The van der Waals surface area contributed by atoms with Gasteiger partial charge in [-0.15, -0.1) is 0 Å². The Bertz CT molecular complexity index is 1060. The van der Waals surface area contributed by atoms with Crippen molar-refractivity contribution in [3.8, 4) is 28.5 Å². The summed E-state index contributed by atoms with van der Waals surface area (Å²) in [5.74, 6) is 2.01. The number of hydrazone groups is 1. The molecule has 0 radical (unpaired) electrons. The van der Waals surface area contributed by atoms with Crippen molar-refractivity contribution in [3.63, 3.8) is 0 Å². The van der Waals surface area contributed by atoms with E-state index in [2.05, 4.69) is 34.3 Å². The Morgan fingerprint density at radius 1 is 1.03 bits per heavy atom. The number of carbonyl (C=O) groups excluding carboxylic acids is 1. The van der Waals surface area contributed by atoms with Crippen molar-refractivity contribution >= 4 is 12.1 Å². The summed E-state index contributed by atoms with van der Waals surface area (Å²) in [6, 6.07) is 12.8. The van der Waals surface area contributed by atoms with Gasteiger partial charge in [-0.2, -0.15) is 5.10 Å². The second kappa shape index (κ2) is 10.9. The standard InChI is InChI=1S/C24H26N4O4/c1-16(2)15-32-19-7-5-18(6-8-19)22-13-25-14-23(27-22)24(29)28-26-12-17-9-20(30-3)11-21(10-17)31-4/h5-14,16H,15H2,1-4H3,(H,28,29). The zero-order valence-electron chi connectivity index (χ0n) is 18.5. The van der Waals surface area contributed by atoms with Crippen LogP contribution in [0, 0.1) is 5.92 Å². The van der Waals surface area contributed by atoms with E-state index >= 15 is 0 Å². The number of ether oxygens (including phenoxy) is 3. The number of nitrogens with one attached hydrogen (secondary N) is 1. The lowest BCUT2D eigenvalue weighted by molar-refractivity contribution is 0.0950. The summed E-state index contributed by atoms with van der Waals surface area (Å²) >= 11 is 0. The van der Waals surface area contributed by atoms with Crippen LogP contribution in [-0.2, 0) is 0 Å². The lowest BCUT2D eigenvalue weighted by Crippen LogP contribution is -2.19. The molecule has 0 unspecified atom stereocenters. The third kappa shape index (κ3) is 6.28. The van der Waals surface area contributed by atoms with Crippen LogP contribution in [0.4, 0.5) is 0 Å². The molecule has 0 saturated heterocycles. The van der Waals surface area contributed by atoms with Gasteiger partial charge < -0.3 is 14.2 Å². The molecule has 3 rings (SSSR count). The zero-order chi connectivity index (χ0) is 22.9. The molecule has 0 aliphatic carbocycles. The molecule has 0 aliphatic rings. The van der Waals surface area contributed by atoms with Crippen molar-refractivity contribution < 1.29 is 19.0 Å². The SMILES string of the molecule is COc1cc(C=NNC(=O)c2cncc(-c3ccc(OCC(C)C)cc3)n2)cc(OC)c1. The minimum Gasteiger partial charge on any atom is -0.497 e. The van der Waals surface area contributed by atoms with E-state index in [1.54, 1.807) is 38.6 Å². The van der Waals surface area contributed by atoms with Gasteiger partial charge in [0.25, 0.3) is 5.91 Å². The molecule has 0 spiro atoms. The third-order valence-electron chi connectivity index (χ3n) is 4.35. The van der Waals surface area contributed by atoms with E-state index in [0.717, 1.165) is 11.3 Å². The maximum Gasteiger partial charge on any atom is 0.291 e. The number of benzene rings is 2. The van der Waals surface area contributed by atoms with Gasteiger partial charge in [-0.3, -0.25) is 9.78 Å². The lowest BCUT2D eigenvalue weighted by Gasteiger charge is -2.09. The number of carbonyl (C=O) groups is 1. The van der Waals surface area contributed by atoms with Crippen LogP contribution in [0.15, 0.2) is 60.0 Å². The van der Waals surface area contributed by atoms with E-state index in [0.29, 0.717) is 35.3 Å². The third-order valence-corrected chi connectivity index (χ3v) is 4.35. The summed E-state index contributed by atoms with van der Waals surface area (Å²) in [4.78, 5) is 21.0. The van der Waals surface area contributed by atoms with Gasteiger partial charge in [0.05, 0.1) is 45.1 Å². The van der Waals surface area contributed by atoms with Crippen molar-refractivity contribution in [2.24, 2.45) is 11.0 Å². The molecule has 2 aromatic carbocycles. The highest BCUT2D eigenvalue weighted by molar-refractivity contribution is 5.93. The Kier molecular flexibility index (Phi) is 7.75. The Morgan fingerprint density at radius 2 is 1.72 bits per heavy atom. The molecule has 1 heterocycles. The molecule has 1 amide bonds. The monoisotopic (exact) mass is 434 g/mol. The molecular weight excluding hydrogens is 408 g/mol. The second-order valence-corrected chi connectivity index (χ2v) is 7.36. The number of methoxy groups -OCH3 is 2. The fourth-order valence-corrected chi connectivity index (χ4v) is 2.73. The number of hydrogen-bond acceptors (Lipinski definition) is 7. The molecule has 0 bridgehead atoms. The predicted octanol–water partition coefficient (Wildman–Crippen LogP) is 3.96. The number of nitrogens with zero attached hydrogens (tertiary/aromatic N) is 3. The van der Waals surface area contributed by atoms with Gasteiger partial charge in [0.15, 0.2) is 0 Å². The molecule has 3 aromatic rings. The summed E-state index contributed by atoms with van der Waals surface area (Å²) in [6.45, 7) is 4.84. The van der Waals surface area contributed by atoms with E-state index in [9.17, 15) is 4.79 Å². The summed E-state index contributed by atoms with van der Waals surface area (Å²) < 4.78 is 16.1. The summed E-state index contributed by atoms with van der Waals surface area (Å²) in [5.41, 5.74) is 4.74. The fourth-order valence-electron chi connectivity index (χ4n) is 2.73. The lowest BCUT2D eigenvalue weighted by atomic mass is 10.1. The van der Waals surface area contributed by atoms with E-state index in [1.807, 2.05) is 24.3 Å². The Labute approximate surface area is 187 Å². The molecule has 1 N–H and O–H groups in total. The molecule has 0 saturated carbocycles. The fraction of sp³-hybridized carbons (Fsp3) is 0.250. The molecule has 166 valence electrons. The minimum atomic E-state index is -0.470. The summed E-state index contributed by atoms with van der Waals surface area (Å²) in [5, 5.41) is 4.00. The predicted molar refractivity (Wildman–Crippen MR) is 122 cm³/mol. The molecule has 0 aliphatic heterocycles. The first kappa shape index (κ1) is 22.7. The highest BCUT2D eigenvalue weighted by Crippen LogP contribution is 2.22. The first-order valence-electron chi connectivity index (χ1n) is 10.1. The van der Waals surface area contributed by atoms with Crippen LogP contribution >= 0.6 is 0 Å².